The zero-order valence-electron chi connectivity index (χ0n) is 24.4. The Morgan fingerprint density at radius 1 is 1.30 bits per heavy atom. The third-order valence-corrected chi connectivity index (χ3v) is 8.73. The third-order valence-electron chi connectivity index (χ3n) is 7.91. The molecule has 1 aromatic heterocycles. The molecule has 2 fully saturated rings. The number of rotatable bonds is 9. The van der Waals surface area contributed by atoms with Crippen molar-refractivity contribution in [3.05, 3.63) is 63.7 Å². The number of aliphatic imine (C=N–C) groups is 1. The molecule has 14 heteroatoms. The van der Waals surface area contributed by atoms with Crippen molar-refractivity contribution < 1.29 is 28.2 Å². The molecule has 43 heavy (non-hydrogen) atoms. The number of nitrogens with zero attached hydrogens (tertiary/aromatic N) is 5. The van der Waals surface area contributed by atoms with Gasteiger partial charge < -0.3 is 29.4 Å². The van der Waals surface area contributed by atoms with Crippen LogP contribution < -0.4 is 5.32 Å². The molecule has 2 N–H and O–H groups in total. The van der Waals surface area contributed by atoms with Gasteiger partial charge in [0.05, 0.1) is 23.6 Å². The summed E-state index contributed by atoms with van der Waals surface area (Å²) in [5.41, 5.74) is 0.816. The summed E-state index contributed by atoms with van der Waals surface area (Å²) in [6.45, 7) is 10.2. The van der Waals surface area contributed by atoms with Gasteiger partial charge in [-0.05, 0) is 52.0 Å². The average molecular weight is 633 g/mol. The number of hydrogen-bond acceptors (Lipinski definition) is 9. The Kier molecular flexibility index (Phi) is 8.77. The van der Waals surface area contributed by atoms with Crippen LogP contribution in [0.15, 0.2) is 45.3 Å². The number of carboxylic acids is 1. The van der Waals surface area contributed by atoms with E-state index in [0.29, 0.717) is 72.9 Å². The highest BCUT2D eigenvalue weighted by molar-refractivity contribution is 7.80. The minimum Gasteiger partial charge on any atom is -0.481 e. The number of hydrogen-bond donors (Lipinski definition) is 2. The van der Waals surface area contributed by atoms with Crippen LogP contribution in [0.25, 0.3) is 0 Å². The van der Waals surface area contributed by atoms with Crippen molar-refractivity contribution in [2.45, 2.75) is 39.8 Å². The van der Waals surface area contributed by atoms with Gasteiger partial charge in [0.25, 0.3) is 0 Å². The van der Waals surface area contributed by atoms with Crippen LogP contribution in [-0.2, 0) is 14.3 Å². The number of benzene rings is 1. The molecule has 2 saturated heterocycles. The summed E-state index contributed by atoms with van der Waals surface area (Å²) in [6.07, 6.45) is 1.32. The van der Waals surface area contributed by atoms with Crippen molar-refractivity contribution in [2.75, 3.05) is 45.9 Å². The number of ether oxygens (including phenoxy) is 1. The summed E-state index contributed by atoms with van der Waals surface area (Å²) >= 11 is 12.2. The first kappa shape index (κ1) is 30.9. The quantitative estimate of drug-likeness (QED) is 0.312. The van der Waals surface area contributed by atoms with Crippen LogP contribution >= 0.6 is 23.8 Å². The van der Waals surface area contributed by atoms with Gasteiger partial charge in [-0.3, -0.25) is 14.7 Å². The number of amidine groups is 1. The number of piperazine rings is 1. The Labute approximate surface area is 259 Å². The molecule has 230 valence electrons. The molecule has 0 amide bonds. The van der Waals surface area contributed by atoms with Gasteiger partial charge in [0.1, 0.15) is 23.3 Å². The number of thiocarbonyl (C=S) groups is 1. The second-order valence-electron chi connectivity index (χ2n) is 11.5. The number of carboxylic acid groups (broad SMARTS) is 1. The zero-order chi connectivity index (χ0) is 31.1. The largest absolute Gasteiger partial charge is 0.481 e. The summed E-state index contributed by atoms with van der Waals surface area (Å²) in [5, 5.41) is 13.7. The average Bonchev–Trinajstić information content (AvgIpc) is 3.50. The van der Waals surface area contributed by atoms with Gasteiger partial charge in [-0.15, -0.1) is 0 Å². The number of halogens is 2. The molecule has 3 aliphatic rings. The number of aliphatic carboxylic acids is 1. The normalized spacial score (nSPS) is 21.1. The van der Waals surface area contributed by atoms with E-state index in [2.05, 4.69) is 20.1 Å². The lowest BCUT2D eigenvalue weighted by atomic mass is 9.93. The zero-order valence-corrected chi connectivity index (χ0v) is 26.0. The Balaban J connectivity index is 1.47. The topological polar surface area (TPSA) is 124 Å². The predicted molar refractivity (Wildman–Crippen MR) is 161 cm³/mol. The first-order valence-electron chi connectivity index (χ1n) is 14.0. The van der Waals surface area contributed by atoms with Gasteiger partial charge >= 0.3 is 11.9 Å². The van der Waals surface area contributed by atoms with Crippen molar-refractivity contribution in [2.24, 2.45) is 10.4 Å². The van der Waals surface area contributed by atoms with E-state index in [-0.39, 0.29) is 23.2 Å². The number of esters is 1. The van der Waals surface area contributed by atoms with E-state index in [0.717, 1.165) is 0 Å². The molecule has 0 spiro atoms. The molecule has 0 unspecified atom stereocenters. The first-order chi connectivity index (χ1) is 20.4. The van der Waals surface area contributed by atoms with Crippen LogP contribution in [0.5, 0.6) is 0 Å². The Morgan fingerprint density at radius 2 is 2.07 bits per heavy atom. The molecule has 0 aliphatic carbocycles. The molecule has 2 aromatic rings. The number of oxazole rings is 1. The van der Waals surface area contributed by atoms with Gasteiger partial charge in [-0.1, -0.05) is 17.7 Å². The molecule has 2 atom stereocenters. The molecule has 0 radical (unpaired) electrons. The fourth-order valence-electron chi connectivity index (χ4n) is 5.66. The van der Waals surface area contributed by atoms with E-state index in [1.165, 1.54) is 24.6 Å². The summed E-state index contributed by atoms with van der Waals surface area (Å²) in [5.74, 6) is -1.01. The first-order valence-corrected chi connectivity index (χ1v) is 14.8. The van der Waals surface area contributed by atoms with Gasteiger partial charge in [0.2, 0.25) is 0 Å². The van der Waals surface area contributed by atoms with Crippen molar-refractivity contribution >= 4 is 46.7 Å². The molecule has 3 aliphatic heterocycles. The Morgan fingerprint density at radius 3 is 2.72 bits per heavy atom. The number of fused-ring (bicyclic) bond motifs is 1. The van der Waals surface area contributed by atoms with Gasteiger partial charge in [0, 0.05) is 55.6 Å². The van der Waals surface area contributed by atoms with Crippen molar-refractivity contribution in [3.8, 4) is 0 Å². The van der Waals surface area contributed by atoms with E-state index in [1.54, 1.807) is 27.7 Å². The molecular weight excluding hydrogens is 599 g/mol. The van der Waals surface area contributed by atoms with Crippen LogP contribution in [-0.4, -0.2) is 99.6 Å². The van der Waals surface area contributed by atoms with E-state index >= 15 is 0 Å². The maximum Gasteiger partial charge on any atom is 0.338 e. The molecule has 0 saturated carbocycles. The molecule has 1 aromatic carbocycles. The van der Waals surface area contributed by atoms with Crippen LogP contribution in [0.1, 0.15) is 43.8 Å². The van der Waals surface area contributed by atoms with Crippen LogP contribution in [0, 0.1) is 18.2 Å². The molecule has 4 heterocycles. The molecule has 5 rings (SSSR count). The second kappa shape index (κ2) is 12.2. The smallest absolute Gasteiger partial charge is 0.338 e. The lowest BCUT2D eigenvalue weighted by Crippen LogP contribution is -2.53. The number of carbonyl (C=O) groups excluding carboxylic acids is 1. The van der Waals surface area contributed by atoms with Crippen LogP contribution in [0.3, 0.4) is 0 Å². The second-order valence-corrected chi connectivity index (χ2v) is 12.2. The minimum atomic E-state index is -0.949. The highest BCUT2D eigenvalue weighted by Gasteiger charge is 2.42. The minimum absolute atomic E-state index is 0.0503. The molecule has 0 bridgehead atoms. The van der Waals surface area contributed by atoms with Gasteiger partial charge in [0.15, 0.2) is 17.3 Å². The highest BCUT2D eigenvalue weighted by Crippen LogP contribution is 2.37. The van der Waals surface area contributed by atoms with Crippen molar-refractivity contribution in [1.82, 2.24) is 25.0 Å². The lowest BCUT2D eigenvalue weighted by molar-refractivity contribution is -0.147. The fraction of sp³-hybridized carbons (Fsp3) is 0.483. The van der Waals surface area contributed by atoms with Crippen LogP contribution in [0.2, 0.25) is 5.02 Å². The van der Waals surface area contributed by atoms with E-state index in [1.807, 2.05) is 4.90 Å². The van der Waals surface area contributed by atoms with E-state index in [9.17, 15) is 19.1 Å². The monoisotopic (exact) mass is 632 g/mol. The standard InChI is InChI=1S/C29H34ClFN6O5S/c1-5-41-26(38)22-21(13-35-8-9-37-18(11-35)12-36(28(37)43)14-29(3,4)27(39)40)33-25(23-16(2)42-15-32-23)34-24(22)19-7-6-17(31)10-20(19)30/h6-7,10,15,18,24H,5,8-9,11-14H2,1-4H3,(H,33,34)(H,39,40)/t18-,24-/m0/s1. The summed E-state index contributed by atoms with van der Waals surface area (Å²) < 4.78 is 24.9. The predicted octanol–water partition coefficient (Wildman–Crippen LogP) is 3.38. The fourth-order valence-corrected chi connectivity index (χ4v) is 6.31. The van der Waals surface area contributed by atoms with E-state index in [4.69, 9.17) is 38.0 Å². The highest BCUT2D eigenvalue weighted by atomic mass is 35.5. The molecule has 11 nitrogen and oxygen atoms in total. The number of carbonyl (C=O) groups is 2. The van der Waals surface area contributed by atoms with Crippen molar-refractivity contribution in [3.63, 3.8) is 0 Å². The number of aryl methyl sites for hydroxylation is 1. The summed E-state index contributed by atoms with van der Waals surface area (Å²) in [7, 11) is 0. The number of aromatic nitrogens is 1. The molecular formula is C29H34ClFN6O5S. The third kappa shape index (κ3) is 6.24. The maximum atomic E-state index is 14.0. The van der Waals surface area contributed by atoms with Gasteiger partial charge in [-0.25, -0.2) is 14.2 Å². The van der Waals surface area contributed by atoms with E-state index < -0.39 is 29.2 Å². The van der Waals surface area contributed by atoms with Crippen LogP contribution in [0.4, 0.5) is 4.39 Å². The maximum absolute atomic E-state index is 14.0. The van der Waals surface area contributed by atoms with Gasteiger partial charge in [-0.2, -0.15) is 0 Å². The Hall–Kier alpha value is -3.55. The summed E-state index contributed by atoms with van der Waals surface area (Å²) in [6, 6.07) is 3.16. The SMILES string of the molecule is CCOC(=O)C1=C(CN2CCN3C(=S)N(CC(C)(C)C(=O)O)C[C@@H]3C2)NC(c2ncoc2C)=N[C@H]1c1ccc(F)cc1Cl. The van der Waals surface area contributed by atoms with Crippen molar-refractivity contribution in [1.29, 1.82) is 0 Å². The Bertz CT molecular complexity index is 1510. The lowest BCUT2D eigenvalue weighted by Gasteiger charge is -2.38. The number of nitrogens with one attached hydrogen (secondary N) is 1. The summed E-state index contributed by atoms with van der Waals surface area (Å²) in [4.78, 5) is 40.7.